The minimum atomic E-state index is -3.55. The second kappa shape index (κ2) is 30.1. The van der Waals surface area contributed by atoms with Gasteiger partial charge in [-0.1, -0.05) is 102 Å². The molecule has 22 heteroatoms. The van der Waals surface area contributed by atoms with E-state index in [0.29, 0.717) is 36.0 Å². The number of anilines is 5. The van der Waals surface area contributed by atoms with Crippen LogP contribution in [0.25, 0.3) is 10.4 Å². The maximum atomic E-state index is 14.1. The zero-order valence-corrected chi connectivity index (χ0v) is 52.3. The number of hydrogen-bond acceptors (Lipinski definition) is 17. The van der Waals surface area contributed by atoms with Crippen LogP contribution >= 0.6 is 11.3 Å². The van der Waals surface area contributed by atoms with Crippen molar-refractivity contribution in [3.8, 4) is 16.2 Å². The van der Waals surface area contributed by atoms with Gasteiger partial charge in [0.1, 0.15) is 24.2 Å². The van der Waals surface area contributed by atoms with Crippen LogP contribution in [0.5, 0.6) is 5.75 Å². The topological polar surface area (TPSA) is 245 Å². The number of aryl methyl sites for hydroxylation is 1. The summed E-state index contributed by atoms with van der Waals surface area (Å²) in [5.74, 6) is 0.484. The number of aliphatic hydroxyl groups excluding tert-OH is 1. The highest BCUT2D eigenvalue weighted by Gasteiger charge is 2.44. The summed E-state index contributed by atoms with van der Waals surface area (Å²) in [6.45, 7) is 16.4. The van der Waals surface area contributed by atoms with E-state index in [0.717, 1.165) is 137 Å². The van der Waals surface area contributed by atoms with E-state index in [9.17, 15) is 32.7 Å². The van der Waals surface area contributed by atoms with Gasteiger partial charge in [0.25, 0.3) is 0 Å². The van der Waals surface area contributed by atoms with Crippen molar-refractivity contribution >= 4 is 73.8 Å². The first kappa shape index (κ1) is 64.3. The highest BCUT2D eigenvalue weighted by Crippen LogP contribution is 2.35. The first-order valence-electron chi connectivity index (χ1n) is 30.3. The number of unbranched alkanes of at least 4 members (excludes halogenated alkanes) is 8. The van der Waals surface area contributed by atoms with Crippen molar-refractivity contribution in [3.05, 3.63) is 89.8 Å². The lowest BCUT2D eigenvalue weighted by atomic mass is 9.85. The molecule has 460 valence electrons. The third-order valence-corrected chi connectivity index (χ3v) is 19.8. The highest BCUT2D eigenvalue weighted by molar-refractivity contribution is 7.92. The van der Waals surface area contributed by atoms with Crippen molar-refractivity contribution < 1.29 is 37.4 Å². The maximum absolute atomic E-state index is 14.1. The van der Waals surface area contributed by atoms with Crippen LogP contribution in [0.1, 0.15) is 136 Å². The number of aliphatic hydroxyl groups is 1. The number of rotatable bonds is 27. The Bertz CT molecular complexity index is 3140. The molecular weight excluding hydrogens is 1120 g/mol. The zero-order chi connectivity index (χ0) is 60.7. The van der Waals surface area contributed by atoms with Crippen molar-refractivity contribution in [2.24, 2.45) is 5.41 Å². The van der Waals surface area contributed by atoms with Crippen LogP contribution in [0.2, 0.25) is 0 Å². The van der Waals surface area contributed by atoms with Crippen molar-refractivity contribution in [2.45, 2.75) is 172 Å². The molecule has 3 fully saturated rings. The monoisotopic (exact) mass is 1200 g/mol. The molecule has 0 bridgehead atoms. The molecule has 5 aromatic rings. The van der Waals surface area contributed by atoms with Gasteiger partial charge in [0.05, 0.1) is 50.8 Å². The predicted octanol–water partition coefficient (Wildman–Crippen LogP) is 9.19. The van der Waals surface area contributed by atoms with Gasteiger partial charge < -0.3 is 45.8 Å². The van der Waals surface area contributed by atoms with Crippen LogP contribution in [0.15, 0.2) is 83.5 Å². The van der Waals surface area contributed by atoms with Gasteiger partial charge in [-0.2, -0.15) is 4.98 Å². The van der Waals surface area contributed by atoms with Crippen molar-refractivity contribution in [3.63, 3.8) is 0 Å². The van der Waals surface area contributed by atoms with E-state index in [4.69, 9.17) is 4.74 Å². The van der Waals surface area contributed by atoms with Gasteiger partial charge in [-0.25, -0.2) is 23.4 Å². The number of piperazine rings is 1. The molecule has 3 saturated heterocycles. The van der Waals surface area contributed by atoms with E-state index in [1.807, 2.05) is 74.5 Å². The van der Waals surface area contributed by atoms with Gasteiger partial charge in [0.15, 0.2) is 9.84 Å². The van der Waals surface area contributed by atoms with Crippen LogP contribution in [0.4, 0.5) is 29.0 Å². The van der Waals surface area contributed by atoms with Gasteiger partial charge in [0, 0.05) is 89.4 Å². The Hall–Kier alpha value is -6.75. The number of nitrogens with one attached hydrogen (secondary N) is 4. The van der Waals surface area contributed by atoms with Crippen LogP contribution in [0.3, 0.4) is 0 Å². The number of hydrogen-bond donors (Lipinski definition) is 5. The number of amides is 4. The molecule has 3 atom stereocenters. The lowest BCUT2D eigenvalue weighted by molar-refractivity contribution is -0.144. The number of aromatic nitrogens is 4. The predicted molar refractivity (Wildman–Crippen MR) is 334 cm³/mol. The summed E-state index contributed by atoms with van der Waals surface area (Å²) in [4.78, 5) is 81.1. The molecule has 20 nitrogen and oxygen atoms in total. The number of β-amino-alcohol motifs (C(OH)–C–C–N with tert-alkyl or cyclic N) is 1. The normalized spacial score (nSPS) is 17.4. The van der Waals surface area contributed by atoms with Gasteiger partial charge >= 0.3 is 0 Å². The molecule has 0 spiro atoms. The molecule has 2 aromatic heterocycles. The molecule has 4 amide bonds. The van der Waals surface area contributed by atoms with Crippen LogP contribution < -0.4 is 30.9 Å². The van der Waals surface area contributed by atoms with Gasteiger partial charge in [-0.15, -0.1) is 11.3 Å². The minimum absolute atomic E-state index is 0.0323. The molecule has 3 aliphatic heterocycles. The number of carbonyl (C=O) groups excluding carboxylic acids is 4. The fourth-order valence-electron chi connectivity index (χ4n) is 11.5. The fraction of sp³-hybridized carbons (Fsp3) is 0.556. The largest absolute Gasteiger partial charge is 0.494 e. The van der Waals surface area contributed by atoms with Gasteiger partial charge in [0.2, 0.25) is 35.5 Å². The SMILES string of the molecule is COc1cc(N2CCC(N3CCN(C(=O)CCCCCCCCCCCC(=O)N[C@H](C(=O)N4C[C@H](O)C[C@H]4C(=O)NCc4ccc(-c5scnc5C)cc4)C(C)(C)C)CC3)CC2)ccc1Nc1ncnc(Nc2ccccc2S(=O)(=O)C(C)C)n1. The third-order valence-electron chi connectivity index (χ3n) is 16.6. The molecule has 0 radical (unpaired) electrons. The summed E-state index contributed by atoms with van der Waals surface area (Å²) in [7, 11) is -1.92. The number of para-hydroxylation sites is 1. The number of methoxy groups -OCH3 is 1. The van der Waals surface area contributed by atoms with Crippen molar-refractivity contribution in [2.75, 3.05) is 68.5 Å². The molecule has 3 aliphatic rings. The number of likely N-dealkylation sites (tertiary alicyclic amines) is 1. The second-order valence-corrected chi connectivity index (χ2v) is 27.4. The number of thiazole rings is 1. The number of carbonyl (C=O) groups is 4. The van der Waals surface area contributed by atoms with Crippen LogP contribution in [0, 0.1) is 12.3 Å². The van der Waals surface area contributed by atoms with E-state index < -0.39 is 38.7 Å². The van der Waals surface area contributed by atoms with Crippen LogP contribution in [-0.4, -0.2) is 154 Å². The van der Waals surface area contributed by atoms with E-state index in [2.05, 4.69) is 57.1 Å². The van der Waals surface area contributed by atoms with Gasteiger partial charge in [-0.05, 0) is 87.3 Å². The molecule has 8 rings (SSSR count). The average molecular weight is 1210 g/mol. The summed E-state index contributed by atoms with van der Waals surface area (Å²) in [6, 6.07) is 19.5. The van der Waals surface area contributed by atoms with Crippen molar-refractivity contribution in [1.29, 1.82) is 0 Å². The molecule has 5 heterocycles. The number of sulfone groups is 1. The molecule has 85 heavy (non-hydrogen) atoms. The molecule has 3 aromatic carbocycles. The zero-order valence-electron chi connectivity index (χ0n) is 50.6. The number of nitrogens with zero attached hydrogens (tertiary/aromatic N) is 8. The number of piperidine rings is 1. The Morgan fingerprint density at radius 1 is 0.788 bits per heavy atom. The molecule has 0 saturated carbocycles. The van der Waals surface area contributed by atoms with E-state index in [1.54, 1.807) is 56.6 Å². The van der Waals surface area contributed by atoms with Crippen molar-refractivity contribution in [1.82, 2.24) is 45.3 Å². The summed E-state index contributed by atoms with van der Waals surface area (Å²) in [5.41, 5.74) is 6.29. The Labute approximate surface area is 506 Å². The summed E-state index contributed by atoms with van der Waals surface area (Å²) < 4.78 is 31.8. The number of ether oxygens (including phenoxy) is 1. The maximum Gasteiger partial charge on any atom is 0.246 e. The molecular formula is C63H88N12O8S2. The first-order chi connectivity index (χ1) is 40.8. The summed E-state index contributed by atoms with van der Waals surface area (Å²) in [6.07, 6.45) is 12.7. The fourth-order valence-corrected chi connectivity index (χ4v) is 13.5. The quantitative estimate of drug-likeness (QED) is 0.0308. The van der Waals surface area contributed by atoms with E-state index in [1.165, 1.54) is 11.2 Å². The van der Waals surface area contributed by atoms with E-state index >= 15 is 0 Å². The lowest BCUT2D eigenvalue weighted by Crippen LogP contribution is -2.57. The Morgan fingerprint density at radius 3 is 2.05 bits per heavy atom. The molecule has 5 N–H and O–H groups in total. The van der Waals surface area contributed by atoms with Gasteiger partial charge in [-0.3, -0.25) is 24.1 Å². The van der Waals surface area contributed by atoms with E-state index in [-0.39, 0.29) is 59.9 Å². The second-order valence-electron chi connectivity index (χ2n) is 24.1. The molecule has 0 aliphatic carbocycles. The Morgan fingerprint density at radius 2 is 1.42 bits per heavy atom. The highest BCUT2D eigenvalue weighted by atomic mass is 32.2. The summed E-state index contributed by atoms with van der Waals surface area (Å²) in [5, 5.41) is 22.3. The first-order valence-corrected chi connectivity index (χ1v) is 32.8. The third kappa shape index (κ3) is 17.5. The Kier molecular flexibility index (Phi) is 22.7. The average Bonchev–Trinajstić information content (AvgIpc) is 3.27. The number of benzene rings is 3. The smallest absolute Gasteiger partial charge is 0.246 e. The van der Waals surface area contributed by atoms with Crippen LogP contribution in [-0.2, 0) is 35.6 Å². The summed E-state index contributed by atoms with van der Waals surface area (Å²) >= 11 is 1.58. The minimum Gasteiger partial charge on any atom is -0.494 e. The molecule has 0 unspecified atom stereocenters. The Balaban J connectivity index is 0.662. The standard InChI is InChI=1S/C63H88N12O8S2/c1-43(2)85(81,82)54-20-18-17-19-51(54)69-62-66-41-65-61(71-62)68-50-28-27-48(37-53(50)83-7)72-31-29-47(30-32-72)73-33-35-74(36-34-73)56(78)22-16-14-12-10-8-9-11-13-15-21-55(77)70-58(63(4,5)6)60(80)75-40-49(76)38-52(75)59(79)64-39-45-23-25-46(26-24-45)57-44(3)67-42-84-57/h17-20,23-28,37,41-43,47,49,52,58,76H,8-16,21-22,29-36,38-40H2,1-7H3,(H,64,79)(H,70,77)(H2,65,66,68,69,71)/t49-,52+,58-/m1/s1. The lowest BCUT2D eigenvalue weighted by Gasteiger charge is -2.43.